The smallest absolute Gasteiger partial charge is 0.0359 e. The number of likely N-dealkylation sites (N-methyl/N-ethyl adjacent to an activating group) is 1. The first-order valence-electron chi connectivity index (χ1n) is 8.70. The fraction of sp³-hybridized carbons (Fsp3) is 1.00. The van der Waals surface area contributed by atoms with E-state index in [0.29, 0.717) is 0 Å². The molecule has 1 saturated heterocycles. The third-order valence-corrected chi connectivity index (χ3v) is 6.58. The van der Waals surface area contributed by atoms with Crippen molar-refractivity contribution in [3.05, 3.63) is 0 Å². The summed E-state index contributed by atoms with van der Waals surface area (Å²) in [5, 5.41) is 0. The topological polar surface area (TPSA) is 32.5 Å². The molecule has 0 aromatic heterocycles. The number of rotatable bonds is 4. The highest BCUT2D eigenvalue weighted by Gasteiger charge is 2.45. The lowest BCUT2D eigenvalue weighted by Crippen LogP contribution is -2.63. The predicted octanol–water partition coefficient (Wildman–Crippen LogP) is 2.56. The van der Waals surface area contributed by atoms with Crippen molar-refractivity contribution in [1.82, 2.24) is 9.80 Å². The zero-order valence-corrected chi connectivity index (χ0v) is 14.1. The Morgan fingerprint density at radius 2 is 1.85 bits per heavy atom. The Hall–Kier alpha value is -0.120. The Bertz CT molecular complexity index is 299. The molecule has 1 heterocycles. The van der Waals surface area contributed by atoms with E-state index in [9.17, 15) is 0 Å². The lowest BCUT2D eigenvalue weighted by atomic mass is 9.67. The van der Waals surface area contributed by atoms with Gasteiger partial charge in [-0.3, -0.25) is 4.90 Å². The molecular weight excluding hydrogens is 246 g/mol. The molecule has 2 fully saturated rings. The van der Waals surface area contributed by atoms with E-state index in [-0.39, 0.29) is 5.54 Å². The van der Waals surface area contributed by atoms with E-state index in [1.807, 2.05) is 0 Å². The van der Waals surface area contributed by atoms with E-state index < -0.39 is 0 Å². The summed E-state index contributed by atoms with van der Waals surface area (Å²) in [6.45, 7) is 11.7. The lowest BCUT2D eigenvalue weighted by Gasteiger charge is -2.54. The highest BCUT2D eigenvalue weighted by atomic mass is 15.2. The minimum absolute atomic E-state index is 0.247. The normalized spacial score (nSPS) is 37.5. The number of hydrogen-bond donors (Lipinski definition) is 1. The van der Waals surface area contributed by atoms with Crippen LogP contribution in [0.2, 0.25) is 0 Å². The molecule has 2 aliphatic rings. The minimum Gasteiger partial charge on any atom is -0.329 e. The van der Waals surface area contributed by atoms with Gasteiger partial charge in [-0.2, -0.15) is 0 Å². The molecule has 3 nitrogen and oxygen atoms in total. The summed E-state index contributed by atoms with van der Waals surface area (Å²) in [6, 6.07) is 0.731. The van der Waals surface area contributed by atoms with E-state index in [1.54, 1.807) is 0 Å². The summed E-state index contributed by atoms with van der Waals surface area (Å²) in [6.07, 6.45) is 6.64. The van der Waals surface area contributed by atoms with Gasteiger partial charge in [0.1, 0.15) is 0 Å². The van der Waals surface area contributed by atoms with Crippen LogP contribution in [0.5, 0.6) is 0 Å². The van der Waals surface area contributed by atoms with Gasteiger partial charge in [-0.15, -0.1) is 0 Å². The van der Waals surface area contributed by atoms with Crippen LogP contribution in [0.1, 0.15) is 52.9 Å². The van der Waals surface area contributed by atoms with Crippen molar-refractivity contribution < 1.29 is 0 Å². The van der Waals surface area contributed by atoms with E-state index in [1.165, 1.54) is 51.7 Å². The fourth-order valence-electron chi connectivity index (χ4n) is 4.65. The predicted molar refractivity (Wildman–Crippen MR) is 86.9 cm³/mol. The number of nitrogens with zero attached hydrogens (tertiary/aromatic N) is 2. The van der Waals surface area contributed by atoms with Crippen molar-refractivity contribution in [3.63, 3.8) is 0 Å². The zero-order chi connectivity index (χ0) is 14.8. The molecule has 118 valence electrons. The summed E-state index contributed by atoms with van der Waals surface area (Å²) >= 11 is 0. The first-order valence-corrected chi connectivity index (χ1v) is 8.70. The van der Waals surface area contributed by atoms with Crippen molar-refractivity contribution in [2.75, 3.05) is 33.2 Å². The highest BCUT2D eigenvalue weighted by molar-refractivity contribution is 5.01. The molecule has 3 heteroatoms. The SMILES string of the molecule is CCN1CCC(N(C)C2(CN)CCCC(C)C2C)CC1. The van der Waals surface area contributed by atoms with Crippen LogP contribution in [0.25, 0.3) is 0 Å². The molecule has 1 saturated carbocycles. The quantitative estimate of drug-likeness (QED) is 0.859. The van der Waals surface area contributed by atoms with Gasteiger partial charge in [0.15, 0.2) is 0 Å². The van der Waals surface area contributed by atoms with Crippen LogP contribution < -0.4 is 5.73 Å². The van der Waals surface area contributed by atoms with E-state index in [4.69, 9.17) is 5.73 Å². The molecule has 2 N–H and O–H groups in total. The van der Waals surface area contributed by atoms with Gasteiger partial charge in [0.2, 0.25) is 0 Å². The Morgan fingerprint density at radius 1 is 1.20 bits per heavy atom. The number of likely N-dealkylation sites (tertiary alicyclic amines) is 1. The Balaban J connectivity index is 2.07. The third-order valence-electron chi connectivity index (χ3n) is 6.58. The Morgan fingerprint density at radius 3 is 2.40 bits per heavy atom. The van der Waals surface area contributed by atoms with Crippen molar-refractivity contribution in [3.8, 4) is 0 Å². The average molecular weight is 281 g/mol. The molecule has 20 heavy (non-hydrogen) atoms. The van der Waals surface area contributed by atoms with Crippen molar-refractivity contribution in [1.29, 1.82) is 0 Å². The molecule has 1 aliphatic carbocycles. The average Bonchev–Trinajstić information content (AvgIpc) is 2.50. The van der Waals surface area contributed by atoms with Crippen molar-refractivity contribution in [2.24, 2.45) is 17.6 Å². The van der Waals surface area contributed by atoms with Crippen LogP contribution in [0, 0.1) is 11.8 Å². The summed E-state index contributed by atoms with van der Waals surface area (Å²) in [5.41, 5.74) is 6.55. The van der Waals surface area contributed by atoms with Gasteiger partial charge in [-0.25, -0.2) is 0 Å². The summed E-state index contributed by atoms with van der Waals surface area (Å²) in [7, 11) is 2.35. The molecule has 3 atom stereocenters. The van der Waals surface area contributed by atoms with Gasteiger partial charge in [-0.1, -0.05) is 33.6 Å². The first kappa shape index (κ1) is 16.3. The van der Waals surface area contributed by atoms with Gasteiger partial charge < -0.3 is 10.6 Å². The van der Waals surface area contributed by atoms with Gasteiger partial charge in [-0.05, 0) is 57.8 Å². The number of nitrogens with two attached hydrogens (primary N) is 1. The summed E-state index contributed by atoms with van der Waals surface area (Å²) in [4.78, 5) is 5.27. The van der Waals surface area contributed by atoms with Crippen molar-refractivity contribution in [2.45, 2.75) is 64.5 Å². The molecule has 2 rings (SSSR count). The molecule has 0 spiro atoms. The minimum atomic E-state index is 0.247. The number of hydrogen-bond acceptors (Lipinski definition) is 3. The highest BCUT2D eigenvalue weighted by Crippen LogP contribution is 2.42. The van der Waals surface area contributed by atoms with Crippen LogP contribution in [-0.4, -0.2) is 54.6 Å². The van der Waals surface area contributed by atoms with Crippen LogP contribution in [0.3, 0.4) is 0 Å². The van der Waals surface area contributed by atoms with Gasteiger partial charge >= 0.3 is 0 Å². The molecule has 0 bridgehead atoms. The largest absolute Gasteiger partial charge is 0.329 e. The maximum absolute atomic E-state index is 6.30. The van der Waals surface area contributed by atoms with E-state index >= 15 is 0 Å². The Kier molecular flexibility index (Phi) is 5.49. The van der Waals surface area contributed by atoms with Crippen LogP contribution in [0.15, 0.2) is 0 Å². The first-order chi connectivity index (χ1) is 9.55. The van der Waals surface area contributed by atoms with Crippen LogP contribution in [-0.2, 0) is 0 Å². The molecule has 3 unspecified atom stereocenters. The molecule has 0 aromatic carbocycles. The van der Waals surface area contributed by atoms with E-state index in [2.05, 4.69) is 37.6 Å². The standard InChI is InChI=1S/C17H35N3/c1-5-20-11-8-16(9-12-20)19(4)17(13-18)10-6-7-14(2)15(17)3/h14-16H,5-13,18H2,1-4H3. The molecule has 0 radical (unpaired) electrons. The monoisotopic (exact) mass is 281 g/mol. The second-order valence-corrected chi connectivity index (χ2v) is 7.24. The fourth-order valence-corrected chi connectivity index (χ4v) is 4.65. The summed E-state index contributed by atoms with van der Waals surface area (Å²) in [5.74, 6) is 1.53. The molecule has 0 aromatic rings. The molecule has 1 aliphatic heterocycles. The lowest BCUT2D eigenvalue weighted by molar-refractivity contribution is -0.0350. The zero-order valence-electron chi connectivity index (χ0n) is 14.1. The number of piperidine rings is 1. The maximum Gasteiger partial charge on any atom is 0.0359 e. The third kappa shape index (κ3) is 2.90. The van der Waals surface area contributed by atoms with Gasteiger partial charge in [0, 0.05) is 18.1 Å². The Labute approximate surface area is 125 Å². The molecule has 0 amide bonds. The van der Waals surface area contributed by atoms with Crippen molar-refractivity contribution >= 4 is 0 Å². The maximum atomic E-state index is 6.30. The van der Waals surface area contributed by atoms with Gasteiger partial charge in [0.05, 0.1) is 0 Å². The van der Waals surface area contributed by atoms with Crippen LogP contribution >= 0.6 is 0 Å². The second kappa shape index (κ2) is 6.76. The summed E-state index contributed by atoms with van der Waals surface area (Å²) < 4.78 is 0. The van der Waals surface area contributed by atoms with E-state index in [0.717, 1.165) is 24.4 Å². The van der Waals surface area contributed by atoms with Gasteiger partial charge in [0.25, 0.3) is 0 Å². The van der Waals surface area contributed by atoms with Crippen LogP contribution in [0.4, 0.5) is 0 Å². The second-order valence-electron chi connectivity index (χ2n) is 7.24. The molecular formula is C17H35N3.